The molecule has 0 saturated heterocycles. The molecule has 0 aliphatic rings. The Balaban J connectivity index is 2.26. The zero-order valence-electron chi connectivity index (χ0n) is 14.5. The van der Waals surface area contributed by atoms with Crippen LogP contribution in [0.1, 0.15) is 50.8 Å². The average molecular weight is 370 g/mol. The maximum atomic E-state index is 12.4. The van der Waals surface area contributed by atoms with Crippen molar-refractivity contribution in [3.05, 3.63) is 59.2 Å². The third-order valence-electron chi connectivity index (χ3n) is 3.65. The number of hydrogen-bond acceptors (Lipinski definition) is 4. The van der Waals surface area contributed by atoms with Gasteiger partial charge >= 0.3 is 11.9 Å². The second-order valence-electron chi connectivity index (χ2n) is 5.70. The van der Waals surface area contributed by atoms with Gasteiger partial charge in [0, 0.05) is 17.7 Å². The summed E-state index contributed by atoms with van der Waals surface area (Å²) in [6.07, 6.45) is 0.979. The number of nitrogens with one attached hydrogen (secondary N) is 2. The Kier molecular flexibility index (Phi) is 6.27. The van der Waals surface area contributed by atoms with Gasteiger partial charge in [-0.05, 0) is 48.9 Å². The van der Waals surface area contributed by atoms with E-state index in [2.05, 4.69) is 10.6 Å². The predicted molar refractivity (Wildman–Crippen MR) is 98.3 cm³/mol. The molecule has 0 aliphatic heterocycles. The highest BCUT2D eigenvalue weighted by Gasteiger charge is 2.15. The van der Waals surface area contributed by atoms with E-state index in [-0.39, 0.29) is 28.3 Å². The number of carboxylic acids is 2. The molecular weight excluding hydrogens is 352 g/mol. The van der Waals surface area contributed by atoms with E-state index < -0.39 is 17.8 Å². The molecule has 2 aromatic carbocycles. The van der Waals surface area contributed by atoms with Crippen molar-refractivity contribution in [2.24, 2.45) is 0 Å². The van der Waals surface area contributed by atoms with Gasteiger partial charge in [-0.1, -0.05) is 6.92 Å². The van der Waals surface area contributed by atoms with Crippen LogP contribution in [0, 0.1) is 0 Å². The number of benzene rings is 2. The molecule has 0 spiro atoms. The first kappa shape index (κ1) is 19.6. The van der Waals surface area contributed by atoms with Gasteiger partial charge in [0.1, 0.15) is 0 Å². The third-order valence-corrected chi connectivity index (χ3v) is 3.65. The van der Waals surface area contributed by atoms with Crippen LogP contribution in [-0.2, 0) is 4.79 Å². The van der Waals surface area contributed by atoms with Crippen LogP contribution in [0.15, 0.2) is 42.5 Å². The van der Waals surface area contributed by atoms with Crippen molar-refractivity contribution in [1.29, 1.82) is 0 Å². The predicted octanol–water partition coefficient (Wildman–Crippen LogP) is 3.07. The molecule has 2 rings (SSSR count). The Hall–Kier alpha value is -3.68. The summed E-state index contributed by atoms with van der Waals surface area (Å²) in [7, 11) is 0. The lowest BCUT2D eigenvalue weighted by Gasteiger charge is -2.12. The van der Waals surface area contributed by atoms with Crippen molar-refractivity contribution in [2.45, 2.75) is 19.8 Å². The lowest BCUT2D eigenvalue weighted by molar-refractivity contribution is -0.116. The van der Waals surface area contributed by atoms with Gasteiger partial charge in [-0.3, -0.25) is 9.59 Å². The molecule has 2 aromatic rings. The van der Waals surface area contributed by atoms with E-state index >= 15 is 0 Å². The molecule has 0 bridgehead atoms. The Morgan fingerprint density at radius 2 is 1.48 bits per heavy atom. The van der Waals surface area contributed by atoms with Crippen LogP contribution in [-0.4, -0.2) is 34.0 Å². The Bertz CT molecular complexity index is 890. The van der Waals surface area contributed by atoms with Crippen molar-refractivity contribution in [2.75, 3.05) is 10.6 Å². The second-order valence-corrected chi connectivity index (χ2v) is 5.70. The molecule has 0 unspecified atom stereocenters. The van der Waals surface area contributed by atoms with E-state index in [1.807, 2.05) is 6.92 Å². The highest BCUT2D eigenvalue weighted by molar-refractivity contribution is 6.08. The fraction of sp³-hybridized carbons (Fsp3) is 0.158. The number of amides is 2. The molecule has 27 heavy (non-hydrogen) atoms. The summed E-state index contributed by atoms with van der Waals surface area (Å²) in [4.78, 5) is 46.3. The van der Waals surface area contributed by atoms with Crippen LogP contribution in [0.3, 0.4) is 0 Å². The third kappa shape index (κ3) is 5.15. The van der Waals surface area contributed by atoms with Gasteiger partial charge in [0.25, 0.3) is 5.91 Å². The van der Waals surface area contributed by atoms with Gasteiger partial charge in [0.2, 0.25) is 5.91 Å². The largest absolute Gasteiger partial charge is 0.478 e. The lowest BCUT2D eigenvalue weighted by atomic mass is 10.1. The van der Waals surface area contributed by atoms with Crippen LogP contribution in [0.2, 0.25) is 0 Å². The number of anilines is 2. The van der Waals surface area contributed by atoms with Crippen LogP contribution in [0.4, 0.5) is 11.4 Å². The van der Waals surface area contributed by atoms with Crippen molar-refractivity contribution in [3.63, 3.8) is 0 Å². The topological polar surface area (TPSA) is 133 Å². The maximum Gasteiger partial charge on any atom is 0.337 e. The van der Waals surface area contributed by atoms with Gasteiger partial charge in [-0.2, -0.15) is 0 Å². The minimum atomic E-state index is -1.24. The molecule has 0 atom stereocenters. The van der Waals surface area contributed by atoms with E-state index in [9.17, 15) is 24.3 Å². The summed E-state index contributed by atoms with van der Waals surface area (Å²) >= 11 is 0. The molecule has 0 aliphatic carbocycles. The molecule has 0 heterocycles. The molecule has 8 heteroatoms. The van der Waals surface area contributed by atoms with E-state index in [1.54, 1.807) is 0 Å². The molecule has 140 valence electrons. The minimum absolute atomic E-state index is 0.0177. The van der Waals surface area contributed by atoms with Crippen LogP contribution < -0.4 is 10.6 Å². The normalized spacial score (nSPS) is 10.1. The van der Waals surface area contributed by atoms with E-state index in [1.165, 1.54) is 42.5 Å². The van der Waals surface area contributed by atoms with Gasteiger partial charge in [-0.15, -0.1) is 0 Å². The van der Waals surface area contributed by atoms with Crippen molar-refractivity contribution >= 4 is 35.1 Å². The standard InChI is InChI=1S/C19H18N2O6/c1-2-3-16(22)20-13-8-9-14(19(26)27)15(10-13)21-17(23)11-4-6-12(7-5-11)18(24)25/h4-10H,2-3H2,1H3,(H,20,22)(H,21,23)(H,24,25)(H,26,27). The van der Waals surface area contributed by atoms with Gasteiger partial charge in [-0.25, -0.2) is 9.59 Å². The van der Waals surface area contributed by atoms with Gasteiger partial charge < -0.3 is 20.8 Å². The summed E-state index contributed by atoms with van der Waals surface area (Å²) in [5, 5.41) is 23.3. The molecule has 4 N–H and O–H groups in total. The van der Waals surface area contributed by atoms with E-state index in [0.29, 0.717) is 18.5 Å². The zero-order chi connectivity index (χ0) is 20.0. The number of hydrogen-bond donors (Lipinski definition) is 4. The van der Waals surface area contributed by atoms with Crippen LogP contribution >= 0.6 is 0 Å². The number of aromatic carboxylic acids is 2. The molecule has 0 aromatic heterocycles. The molecule has 8 nitrogen and oxygen atoms in total. The Morgan fingerprint density at radius 1 is 0.852 bits per heavy atom. The summed E-state index contributed by atoms with van der Waals surface area (Å²) in [6, 6.07) is 9.29. The Labute approximate surface area is 154 Å². The second kappa shape index (κ2) is 8.61. The van der Waals surface area contributed by atoms with Crippen LogP contribution in [0.25, 0.3) is 0 Å². The van der Waals surface area contributed by atoms with Crippen LogP contribution in [0.5, 0.6) is 0 Å². The molecule has 0 radical (unpaired) electrons. The summed E-state index contributed by atoms with van der Waals surface area (Å²) in [5.41, 5.74) is 0.424. The van der Waals surface area contributed by atoms with Crippen molar-refractivity contribution < 1.29 is 29.4 Å². The van der Waals surface area contributed by atoms with Gasteiger partial charge in [0.15, 0.2) is 0 Å². The van der Waals surface area contributed by atoms with Crippen molar-refractivity contribution in [3.8, 4) is 0 Å². The number of carboxylic acid groups (broad SMARTS) is 2. The summed E-state index contributed by atoms with van der Waals surface area (Å²) in [5.74, 6) is -3.18. The number of carbonyl (C=O) groups is 4. The zero-order valence-corrected chi connectivity index (χ0v) is 14.5. The molecule has 2 amide bonds. The van der Waals surface area contributed by atoms with E-state index in [0.717, 1.165) is 0 Å². The van der Waals surface area contributed by atoms with E-state index in [4.69, 9.17) is 5.11 Å². The maximum absolute atomic E-state index is 12.4. The average Bonchev–Trinajstić information content (AvgIpc) is 2.61. The minimum Gasteiger partial charge on any atom is -0.478 e. The SMILES string of the molecule is CCCC(=O)Nc1ccc(C(=O)O)c(NC(=O)c2ccc(C(=O)O)cc2)c1. The number of carbonyl (C=O) groups excluding carboxylic acids is 2. The first-order valence-corrected chi connectivity index (χ1v) is 8.13. The fourth-order valence-corrected chi connectivity index (χ4v) is 2.32. The molecular formula is C19H18N2O6. The number of rotatable bonds is 7. The highest BCUT2D eigenvalue weighted by Crippen LogP contribution is 2.22. The highest BCUT2D eigenvalue weighted by atomic mass is 16.4. The van der Waals surface area contributed by atoms with Crippen molar-refractivity contribution in [1.82, 2.24) is 0 Å². The summed E-state index contributed by atoms with van der Waals surface area (Å²) < 4.78 is 0. The Morgan fingerprint density at radius 3 is 2.04 bits per heavy atom. The monoisotopic (exact) mass is 370 g/mol. The lowest BCUT2D eigenvalue weighted by Crippen LogP contribution is -2.16. The first-order chi connectivity index (χ1) is 12.8. The molecule has 0 fully saturated rings. The fourth-order valence-electron chi connectivity index (χ4n) is 2.32. The quantitative estimate of drug-likeness (QED) is 0.592. The molecule has 0 saturated carbocycles. The summed E-state index contributed by atoms with van der Waals surface area (Å²) in [6.45, 7) is 1.86. The smallest absolute Gasteiger partial charge is 0.337 e. The van der Waals surface area contributed by atoms with Gasteiger partial charge in [0.05, 0.1) is 16.8 Å². The first-order valence-electron chi connectivity index (χ1n) is 8.13.